The van der Waals surface area contributed by atoms with Gasteiger partial charge in [-0.1, -0.05) is 62.7 Å². The monoisotopic (exact) mass is 464 g/mol. The molecule has 0 unspecified atom stereocenters. The van der Waals surface area contributed by atoms with Crippen molar-refractivity contribution >= 4 is 17.4 Å². The first-order valence-electron chi connectivity index (χ1n) is 12.2. The highest BCUT2D eigenvalue weighted by Crippen LogP contribution is 2.40. The normalized spacial score (nSPS) is 17.6. The maximum Gasteiger partial charge on any atom is 0.295 e. The van der Waals surface area contributed by atoms with E-state index in [4.69, 9.17) is 4.74 Å². The molecule has 2 aromatic carbocycles. The predicted octanol–water partition coefficient (Wildman–Crippen LogP) is 4.94. The number of amides is 1. The Morgan fingerprint density at radius 3 is 2.24 bits per heavy atom. The van der Waals surface area contributed by atoms with E-state index in [0.717, 1.165) is 49.4 Å². The third-order valence-corrected chi connectivity index (χ3v) is 6.30. The summed E-state index contributed by atoms with van der Waals surface area (Å²) in [7, 11) is 0. The molecule has 0 aliphatic carbocycles. The SMILES string of the molecule is CCCOc1ccc([C@@H]2C(=C(O)c3ccc(C)cc3)C(=O)C(=O)N2CCCN(CC)CC)cc1. The molecule has 182 valence electrons. The number of benzene rings is 2. The first kappa shape index (κ1) is 25.5. The molecule has 2 aromatic rings. The molecule has 1 N–H and O–H groups in total. The van der Waals surface area contributed by atoms with E-state index in [1.165, 1.54) is 0 Å². The molecule has 0 saturated carbocycles. The van der Waals surface area contributed by atoms with Crippen molar-refractivity contribution in [2.75, 3.05) is 32.8 Å². The maximum absolute atomic E-state index is 13.2. The van der Waals surface area contributed by atoms with Crippen LogP contribution in [0.25, 0.3) is 5.76 Å². The number of carbonyl (C=O) groups excluding carboxylic acids is 2. The number of hydrogen-bond acceptors (Lipinski definition) is 5. The van der Waals surface area contributed by atoms with Crippen molar-refractivity contribution in [2.24, 2.45) is 0 Å². The number of ketones is 1. The van der Waals surface area contributed by atoms with Gasteiger partial charge in [-0.25, -0.2) is 0 Å². The zero-order valence-electron chi connectivity index (χ0n) is 20.7. The molecule has 1 aliphatic rings. The first-order valence-corrected chi connectivity index (χ1v) is 12.2. The first-order chi connectivity index (χ1) is 16.4. The largest absolute Gasteiger partial charge is 0.507 e. The number of aliphatic hydroxyl groups is 1. The summed E-state index contributed by atoms with van der Waals surface area (Å²) >= 11 is 0. The van der Waals surface area contributed by atoms with Crippen molar-refractivity contribution in [1.82, 2.24) is 9.80 Å². The molecule has 34 heavy (non-hydrogen) atoms. The van der Waals surface area contributed by atoms with Crippen LogP contribution in [0, 0.1) is 6.92 Å². The van der Waals surface area contributed by atoms with E-state index >= 15 is 0 Å². The summed E-state index contributed by atoms with van der Waals surface area (Å²) < 4.78 is 5.70. The van der Waals surface area contributed by atoms with Crippen molar-refractivity contribution in [1.29, 1.82) is 0 Å². The Hall–Kier alpha value is -3.12. The third kappa shape index (κ3) is 5.68. The molecular weight excluding hydrogens is 428 g/mol. The lowest BCUT2D eigenvalue weighted by Gasteiger charge is -2.27. The fourth-order valence-electron chi connectivity index (χ4n) is 4.29. The van der Waals surface area contributed by atoms with Crippen LogP contribution >= 0.6 is 0 Å². The Balaban J connectivity index is 1.99. The fourth-order valence-corrected chi connectivity index (χ4v) is 4.29. The highest BCUT2D eigenvalue weighted by Gasteiger charge is 2.45. The molecular formula is C28H36N2O4. The lowest BCUT2D eigenvalue weighted by Crippen LogP contribution is -2.33. The second-order valence-electron chi connectivity index (χ2n) is 8.66. The summed E-state index contributed by atoms with van der Waals surface area (Å²) in [5.41, 5.74) is 2.49. The molecule has 1 atom stereocenters. The quantitative estimate of drug-likeness (QED) is 0.290. The number of ether oxygens (including phenoxy) is 1. The fraction of sp³-hybridized carbons (Fsp3) is 0.429. The van der Waals surface area contributed by atoms with E-state index in [2.05, 4.69) is 18.7 Å². The summed E-state index contributed by atoms with van der Waals surface area (Å²) in [6, 6.07) is 14.1. The number of aryl methyl sites for hydroxylation is 1. The molecule has 1 amide bonds. The summed E-state index contributed by atoms with van der Waals surface area (Å²) in [6.45, 7) is 12.0. The van der Waals surface area contributed by atoms with E-state index in [9.17, 15) is 14.7 Å². The second kappa shape index (κ2) is 11.8. The highest BCUT2D eigenvalue weighted by atomic mass is 16.5. The Bertz CT molecular complexity index is 1010. The van der Waals surface area contributed by atoms with Crippen LogP contribution in [0.2, 0.25) is 0 Å². The Labute approximate surface area is 202 Å². The number of carbonyl (C=O) groups is 2. The molecule has 1 heterocycles. The van der Waals surface area contributed by atoms with Crippen molar-refractivity contribution in [2.45, 2.75) is 46.6 Å². The number of Topliss-reactive ketones (excluding diaryl/α,β-unsaturated/α-hetero) is 1. The third-order valence-electron chi connectivity index (χ3n) is 6.30. The minimum absolute atomic E-state index is 0.138. The lowest BCUT2D eigenvalue weighted by atomic mass is 9.95. The Morgan fingerprint density at radius 1 is 1.00 bits per heavy atom. The van der Waals surface area contributed by atoms with Gasteiger partial charge in [0.2, 0.25) is 0 Å². The second-order valence-corrected chi connectivity index (χ2v) is 8.66. The molecule has 6 nitrogen and oxygen atoms in total. The molecule has 0 bridgehead atoms. The van der Waals surface area contributed by atoms with Gasteiger partial charge in [0.05, 0.1) is 18.2 Å². The number of likely N-dealkylation sites (tertiary alicyclic amines) is 1. The number of hydrogen-bond donors (Lipinski definition) is 1. The average Bonchev–Trinajstić information content (AvgIpc) is 3.10. The van der Waals surface area contributed by atoms with Crippen molar-refractivity contribution in [3.8, 4) is 5.75 Å². The van der Waals surface area contributed by atoms with E-state index in [1.54, 1.807) is 17.0 Å². The minimum atomic E-state index is -0.641. The molecule has 1 fully saturated rings. The molecule has 6 heteroatoms. The van der Waals surface area contributed by atoms with Crippen LogP contribution in [0.3, 0.4) is 0 Å². The summed E-state index contributed by atoms with van der Waals surface area (Å²) in [4.78, 5) is 30.2. The van der Waals surface area contributed by atoms with Gasteiger partial charge in [-0.05, 0) is 57.1 Å². The number of aliphatic hydroxyl groups excluding tert-OH is 1. The summed E-state index contributed by atoms with van der Waals surface area (Å²) in [6.07, 6.45) is 1.65. The Morgan fingerprint density at radius 2 is 1.65 bits per heavy atom. The predicted molar refractivity (Wildman–Crippen MR) is 135 cm³/mol. The summed E-state index contributed by atoms with van der Waals surface area (Å²) in [5.74, 6) is -0.606. The van der Waals surface area contributed by atoms with Gasteiger partial charge in [0.25, 0.3) is 11.7 Å². The maximum atomic E-state index is 13.2. The van der Waals surface area contributed by atoms with E-state index < -0.39 is 17.7 Å². The molecule has 1 saturated heterocycles. The van der Waals surface area contributed by atoms with E-state index in [-0.39, 0.29) is 11.3 Å². The van der Waals surface area contributed by atoms with Crippen molar-refractivity contribution in [3.63, 3.8) is 0 Å². The standard InChI is InChI=1S/C28H36N2O4/c1-5-19-34-23-15-13-21(14-16-23)25-24(26(31)22-11-9-20(4)10-12-22)27(32)28(33)30(25)18-8-17-29(6-2)7-3/h9-16,25,31H,5-8,17-19H2,1-4H3/t25-/m1/s1. The van der Waals surface area contributed by atoms with E-state index in [1.807, 2.05) is 50.2 Å². The van der Waals surface area contributed by atoms with E-state index in [0.29, 0.717) is 18.7 Å². The van der Waals surface area contributed by atoms with Crippen LogP contribution in [0.1, 0.15) is 56.3 Å². The van der Waals surface area contributed by atoms with Gasteiger partial charge in [0, 0.05) is 12.1 Å². The smallest absolute Gasteiger partial charge is 0.295 e. The van der Waals surface area contributed by atoms with Gasteiger partial charge in [-0.3, -0.25) is 9.59 Å². The van der Waals surface area contributed by atoms with Crippen LogP contribution in [0.15, 0.2) is 54.1 Å². The van der Waals surface area contributed by atoms with Crippen molar-refractivity contribution in [3.05, 3.63) is 70.8 Å². The zero-order chi connectivity index (χ0) is 24.7. The molecule has 3 rings (SSSR count). The van der Waals surface area contributed by atoms with Gasteiger partial charge in [0.1, 0.15) is 11.5 Å². The van der Waals surface area contributed by atoms with Crippen LogP contribution in [0.4, 0.5) is 0 Å². The molecule has 0 radical (unpaired) electrons. The van der Waals surface area contributed by atoms with Crippen LogP contribution < -0.4 is 4.74 Å². The number of rotatable bonds is 11. The number of nitrogens with zero attached hydrogens (tertiary/aromatic N) is 2. The molecule has 0 aromatic heterocycles. The van der Waals surface area contributed by atoms with Crippen molar-refractivity contribution < 1.29 is 19.4 Å². The topological polar surface area (TPSA) is 70.1 Å². The van der Waals surface area contributed by atoms with Crippen LogP contribution in [-0.4, -0.2) is 59.4 Å². The van der Waals surface area contributed by atoms with Gasteiger partial charge in [-0.15, -0.1) is 0 Å². The minimum Gasteiger partial charge on any atom is -0.507 e. The zero-order valence-corrected chi connectivity index (χ0v) is 20.7. The van der Waals surface area contributed by atoms with Gasteiger partial charge in [-0.2, -0.15) is 0 Å². The summed E-state index contributed by atoms with van der Waals surface area (Å²) in [5, 5.41) is 11.2. The van der Waals surface area contributed by atoms with Gasteiger partial charge >= 0.3 is 0 Å². The van der Waals surface area contributed by atoms with Crippen LogP contribution in [0.5, 0.6) is 5.75 Å². The lowest BCUT2D eigenvalue weighted by molar-refractivity contribution is -0.140. The van der Waals surface area contributed by atoms with Gasteiger partial charge in [0.15, 0.2) is 0 Å². The van der Waals surface area contributed by atoms with Crippen LogP contribution in [-0.2, 0) is 9.59 Å². The Kier molecular flexibility index (Phi) is 8.88. The van der Waals surface area contributed by atoms with Gasteiger partial charge < -0.3 is 19.6 Å². The molecule has 1 aliphatic heterocycles. The highest BCUT2D eigenvalue weighted by molar-refractivity contribution is 6.46. The molecule has 0 spiro atoms. The average molecular weight is 465 g/mol.